The molecule has 1 heterocycles. The maximum atomic E-state index is 11.6. The van der Waals surface area contributed by atoms with Crippen molar-refractivity contribution in [3.63, 3.8) is 0 Å². The highest BCUT2D eigenvalue weighted by Crippen LogP contribution is 2.13. The lowest BCUT2D eigenvalue weighted by Crippen LogP contribution is -2.38. The van der Waals surface area contributed by atoms with E-state index in [1.165, 1.54) is 0 Å². The van der Waals surface area contributed by atoms with E-state index >= 15 is 0 Å². The van der Waals surface area contributed by atoms with Gasteiger partial charge >= 0.3 is 0 Å². The Kier molecular flexibility index (Phi) is 5.93. The zero-order valence-corrected chi connectivity index (χ0v) is 11.1. The summed E-state index contributed by atoms with van der Waals surface area (Å²) in [6, 6.07) is 1.77. The highest BCUT2D eigenvalue weighted by molar-refractivity contribution is 9.10. The highest BCUT2D eigenvalue weighted by atomic mass is 79.9. The van der Waals surface area contributed by atoms with Crippen LogP contribution in [0.1, 0.15) is 17.4 Å². The molecule has 15 heavy (non-hydrogen) atoms. The van der Waals surface area contributed by atoms with E-state index in [2.05, 4.69) is 21.2 Å². The standard InChI is InChI=1S/C9H14BrN3O.ClH/c1-6(4-11)12-9(14)8-3-7(10)5-13(8)2;/h3,5-6H,4,11H2,1-2H3,(H,12,14);1H/t6-;/m1./s1. The molecule has 1 aromatic rings. The summed E-state index contributed by atoms with van der Waals surface area (Å²) < 4.78 is 2.66. The van der Waals surface area contributed by atoms with Crippen LogP contribution < -0.4 is 11.1 Å². The smallest absolute Gasteiger partial charge is 0.268 e. The second-order valence-electron chi connectivity index (χ2n) is 3.26. The maximum absolute atomic E-state index is 11.6. The van der Waals surface area contributed by atoms with Gasteiger partial charge in [-0.15, -0.1) is 12.4 Å². The molecule has 1 rings (SSSR count). The van der Waals surface area contributed by atoms with Crippen LogP contribution in [0.25, 0.3) is 0 Å². The molecule has 4 nitrogen and oxygen atoms in total. The third kappa shape index (κ3) is 3.85. The van der Waals surface area contributed by atoms with Crippen LogP contribution in [0.5, 0.6) is 0 Å². The van der Waals surface area contributed by atoms with E-state index < -0.39 is 0 Å². The van der Waals surface area contributed by atoms with Crippen molar-refractivity contribution in [3.05, 3.63) is 22.4 Å². The molecule has 6 heteroatoms. The molecule has 0 aliphatic rings. The molecule has 0 aliphatic heterocycles. The van der Waals surface area contributed by atoms with Crippen molar-refractivity contribution >= 4 is 34.2 Å². The van der Waals surface area contributed by atoms with Crippen LogP contribution in [0.4, 0.5) is 0 Å². The molecule has 1 atom stereocenters. The van der Waals surface area contributed by atoms with E-state index in [9.17, 15) is 4.79 Å². The SMILES string of the molecule is C[C@H](CN)NC(=O)c1cc(Br)cn1C.Cl. The first-order valence-corrected chi connectivity index (χ1v) is 5.16. The number of halogens is 2. The topological polar surface area (TPSA) is 60.0 Å². The van der Waals surface area contributed by atoms with Gasteiger partial charge in [-0.05, 0) is 28.9 Å². The third-order valence-corrected chi connectivity index (χ3v) is 2.37. The molecule has 0 bridgehead atoms. The number of hydrogen-bond donors (Lipinski definition) is 2. The Labute approximate surface area is 104 Å². The van der Waals surface area contributed by atoms with Crippen LogP contribution in [0.3, 0.4) is 0 Å². The van der Waals surface area contributed by atoms with Gasteiger partial charge < -0.3 is 15.6 Å². The lowest BCUT2D eigenvalue weighted by atomic mass is 10.3. The van der Waals surface area contributed by atoms with Crippen molar-refractivity contribution in [1.29, 1.82) is 0 Å². The van der Waals surface area contributed by atoms with E-state index in [4.69, 9.17) is 5.73 Å². The molecular formula is C9H15BrClN3O. The Balaban J connectivity index is 0.00000196. The van der Waals surface area contributed by atoms with Crippen molar-refractivity contribution in [3.8, 4) is 0 Å². The van der Waals surface area contributed by atoms with Crippen molar-refractivity contribution in [2.75, 3.05) is 6.54 Å². The van der Waals surface area contributed by atoms with E-state index in [0.717, 1.165) is 4.47 Å². The average molecular weight is 297 g/mol. The quantitative estimate of drug-likeness (QED) is 0.883. The minimum Gasteiger partial charge on any atom is -0.347 e. The fourth-order valence-corrected chi connectivity index (χ4v) is 1.63. The predicted octanol–water partition coefficient (Wildman–Crippen LogP) is 1.29. The van der Waals surface area contributed by atoms with E-state index in [1.54, 1.807) is 10.6 Å². The highest BCUT2D eigenvalue weighted by Gasteiger charge is 2.12. The van der Waals surface area contributed by atoms with Crippen molar-refractivity contribution < 1.29 is 4.79 Å². The van der Waals surface area contributed by atoms with Gasteiger partial charge in [-0.1, -0.05) is 0 Å². The van der Waals surface area contributed by atoms with Gasteiger partial charge in [-0.3, -0.25) is 4.79 Å². The second kappa shape index (κ2) is 6.15. The number of aromatic nitrogens is 1. The second-order valence-corrected chi connectivity index (χ2v) is 4.18. The molecule has 0 fully saturated rings. The maximum Gasteiger partial charge on any atom is 0.268 e. The van der Waals surface area contributed by atoms with Crippen molar-refractivity contribution in [2.24, 2.45) is 12.8 Å². The monoisotopic (exact) mass is 295 g/mol. The summed E-state index contributed by atoms with van der Waals surface area (Å²) in [7, 11) is 1.83. The van der Waals surface area contributed by atoms with Crippen molar-refractivity contribution in [1.82, 2.24) is 9.88 Å². The van der Waals surface area contributed by atoms with Crippen LogP contribution in [0, 0.1) is 0 Å². The zero-order valence-electron chi connectivity index (χ0n) is 8.66. The van der Waals surface area contributed by atoms with Gasteiger partial charge in [0.15, 0.2) is 0 Å². The molecule has 0 aliphatic carbocycles. The van der Waals surface area contributed by atoms with Crippen LogP contribution in [-0.2, 0) is 7.05 Å². The van der Waals surface area contributed by atoms with Gasteiger partial charge in [0, 0.05) is 30.3 Å². The number of nitrogens with one attached hydrogen (secondary N) is 1. The summed E-state index contributed by atoms with van der Waals surface area (Å²) >= 11 is 3.31. The molecule has 0 spiro atoms. The van der Waals surface area contributed by atoms with Crippen molar-refractivity contribution in [2.45, 2.75) is 13.0 Å². The van der Waals surface area contributed by atoms with E-state index in [0.29, 0.717) is 12.2 Å². The number of carbonyl (C=O) groups is 1. The minimum atomic E-state index is -0.101. The van der Waals surface area contributed by atoms with Crippen LogP contribution in [-0.4, -0.2) is 23.1 Å². The molecule has 1 aromatic heterocycles. The van der Waals surface area contributed by atoms with Crippen LogP contribution in [0.15, 0.2) is 16.7 Å². The van der Waals surface area contributed by atoms with Gasteiger partial charge in [-0.2, -0.15) is 0 Å². The number of rotatable bonds is 3. The third-order valence-electron chi connectivity index (χ3n) is 1.94. The summed E-state index contributed by atoms with van der Waals surface area (Å²) in [4.78, 5) is 11.6. The predicted molar refractivity (Wildman–Crippen MR) is 66.3 cm³/mol. The normalized spacial score (nSPS) is 11.7. The molecule has 86 valence electrons. The first-order chi connectivity index (χ1) is 6.54. The van der Waals surface area contributed by atoms with E-state index in [1.807, 2.05) is 20.2 Å². The first-order valence-electron chi connectivity index (χ1n) is 4.37. The Morgan fingerprint density at radius 2 is 2.33 bits per heavy atom. The summed E-state index contributed by atoms with van der Waals surface area (Å²) in [5.74, 6) is -0.101. The number of nitrogens with two attached hydrogens (primary N) is 1. The Morgan fingerprint density at radius 1 is 1.73 bits per heavy atom. The van der Waals surface area contributed by atoms with Gasteiger partial charge in [-0.25, -0.2) is 0 Å². The summed E-state index contributed by atoms with van der Waals surface area (Å²) in [5.41, 5.74) is 6.03. The van der Waals surface area contributed by atoms with Crippen LogP contribution in [0.2, 0.25) is 0 Å². The number of hydrogen-bond acceptors (Lipinski definition) is 2. The summed E-state index contributed by atoms with van der Waals surface area (Å²) in [6.45, 7) is 2.31. The van der Waals surface area contributed by atoms with Gasteiger partial charge in [0.25, 0.3) is 5.91 Å². The minimum absolute atomic E-state index is 0. The molecule has 0 aromatic carbocycles. The summed E-state index contributed by atoms with van der Waals surface area (Å²) in [5, 5.41) is 2.79. The Morgan fingerprint density at radius 3 is 2.73 bits per heavy atom. The Hall–Kier alpha value is -0.520. The fraction of sp³-hybridized carbons (Fsp3) is 0.444. The lowest BCUT2D eigenvalue weighted by molar-refractivity contribution is 0.0933. The fourth-order valence-electron chi connectivity index (χ4n) is 1.11. The van der Waals surface area contributed by atoms with E-state index in [-0.39, 0.29) is 24.4 Å². The summed E-state index contributed by atoms with van der Waals surface area (Å²) in [6.07, 6.45) is 1.84. The zero-order chi connectivity index (χ0) is 10.7. The number of nitrogens with zero attached hydrogens (tertiary/aromatic N) is 1. The average Bonchev–Trinajstić information content (AvgIpc) is 2.45. The molecule has 0 saturated heterocycles. The first kappa shape index (κ1) is 14.5. The molecule has 0 radical (unpaired) electrons. The van der Waals surface area contributed by atoms with Gasteiger partial charge in [0.1, 0.15) is 5.69 Å². The largest absolute Gasteiger partial charge is 0.347 e. The Bertz CT molecular complexity index is 340. The lowest BCUT2D eigenvalue weighted by Gasteiger charge is -2.11. The van der Waals surface area contributed by atoms with Crippen LogP contribution >= 0.6 is 28.3 Å². The molecule has 0 unspecified atom stereocenters. The van der Waals surface area contributed by atoms with Gasteiger partial charge in [0.05, 0.1) is 0 Å². The molecule has 0 saturated carbocycles. The number of carbonyl (C=O) groups excluding carboxylic acids is 1. The molecule has 3 N–H and O–H groups in total. The molecular weight excluding hydrogens is 281 g/mol. The van der Waals surface area contributed by atoms with Gasteiger partial charge in [0.2, 0.25) is 0 Å². The molecule has 1 amide bonds. The number of amides is 1. The number of aryl methyl sites for hydroxylation is 1.